The van der Waals surface area contributed by atoms with Gasteiger partial charge in [-0.3, -0.25) is 4.79 Å². The van der Waals surface area contributed by atoms with Gasteiger partial charge in [0.15, 0.2) is 0 Å². The molecule has 29 heavy (non-hydrogen) atoms. The molecule has 0 saturated heterocycles. The second kappa shape index (κ2) is 8.54. The van der Waals surface area contributed by atoms with Crippen LogP contribution in [0.5, 0.6) is 0 Å². The second-order valence-electron chi connectivity index (χ2n) is 7.25. The van der Waals surface area contributed by atoms with Gasteiger partial charge in [-0.1, -0.05) is 66.2 Å². The Kier molecular flexibility index (Phi) is 5.68. The van der Waals surface area contributed by atoms with Crippen LogP contribution in [0.25, 0.3) is 10.9 Å². The zero-order chi connectivity index (χ0) is 20.2. The predicted octanol–water partition coefficient (Wildman–Crippen LogP) is 5.62. The molecule has 1 N–H and O–H groups in total. The van der Waals surface area contributed by atoms with E-state index in [4.69, 9.17) is 11.6 Å². The summed E-state index contributed by atoms with van der Waals surface area (Å²) in [5, 5.41) is 4.77. The second-order valence-corrected chi connectivity index (χ2v) is 7.68. The van der Waals surface area contributed by atoms with E-state index in [1.165, 1.54) is 11.1 Å². The first-order chi connectivity index (χ1) is 14.1. The molecule has 0 radical (unpaired) electrons. The molecule has 4 rings (SSSR count). The molecule has 1 aromatic heterocycles. The van der Waals surface area contributed by atoms with Crippen LogP contribution in [0, 0.1) is 6.92 Å². The van der Waals surface area contributed by atoms with E-state index < -0.39 is 0 Å². The number of aryl methyl sites for hydroxylation is 1. The van der Waals surface area contributed by atoms with Crippen molar-refractivity contribution in [1.29, 1.82) is 0 Å². The first-order valence-corrected chi connectivity index (χ1v) is 10.1. The van der Waals surface area contributed by atoms with Crippen LogP contribution in [0.4, 0.5) is 0 Å². The largest absolute Gasteiger partial charge is 0.352 e. The maximum absolute atomic E-state index is 12.9. The van der Waals surface area contributed by atoms with Crippen molar-refractivity contribution in [2.75, 3.05) is 6.54 Å². The van der Waals surface area contributed by atoms with Crippen LogP contribution >= 0.6 is 11.6 Å². The minimum atomic E-state index is -0.0374. The van der Waals surface area contributed by atoms with Gasteiger partial charge >= 0.3 is 0 Å². The minimum Gasteiger partial charge on any atom is -0.352 e. The molecule has 0 atom stereocenters. The van der Waals surface area contributed by atoms with Gasteiger partial charge in [0.05, 0.1) is 5.56 Å². The quantitative estimate of drug-likeness (QED) is 0.446. The fourth-order valence-electron chi connectivity index (χ4n) is 3.64. The molecule has 4 heteroatoms. The highest BCUT2D eigenvalue weighted by molar-refractivity contribution is 6.30. The van der Waals surface area contributed by atoms with Crippen LogP contribution in [0.1, 0.15) is 27.0 Å². The maximum Gasteiger partial charge on any atom is 0.253 e. The number of hydrogen-bond donors (Lipinski definition) is 1. The van der Waals surface area contributed by atoms with Crippen LogP contribution in [0.2, 0.25) is 5.02 Å². The summed E-state index contributed by atoms with van der Waals surface area (Å²) < 4.78 is 2.12. The molecule has 0 aliphatic carbocycles. The number of benzene rings is 3. The molecule has 3 aromatic carbocycles. The lowest BCUT2D eigenvalue weighted by molar-refractivity contribution is 0.0955. The van der Waals surface area contributed by atoms with Crippen LogP contribution in [-0.2, 0) is 13.0 Å². The summed E-state index contributed by atoms with van der Waals surface area (Å²) in [6.45, 7) is 3.40. The minimum absolute atomic E-state index is 0.0374. The van der Waals surface area contributed by atoms with Gasteiger partial charge in [-0.2, -0.15) is 0 Å². The average Bonchev–Trinajstić information content (AvgIpc) is 3.10. The number of halogens is 1. The monoisotopic (exact) mass is 402 g/mol. The van der Waals surface area contributed by atoms with Gasteiger partial charge in [-0.05, 0) is 48.2 Å². The first kappa shape index (κ1) is 19.3. The fraction of sp³-hybridized carbons (Fsp3) is 0.160. The first-order valence-electron chi connectivity index (χ1n) is 9.77. The van der Waals surface area contributed by atoms with E-state index in [1.807, 2.05) is 60.8 Å². The van der Waals surface area contributed by atoms with E-state index in [-0.39, 0.29) is 5.91 Å². The van der Waals surface area contributed by atoms with Crippen molar-refractivity contribution < 1.29 is 4.79 Å². The lowest BCUT2D eigenvalue weighted by Gasteiger charge is -2.07. The zero-order valence-corrected chi connectivity index (χ0v) is 17.1. The predicted molar refractivity (Wildman–Crippen MR) is 120 cm³/mol. The molecule has 0 aliphatic heterocycles. The van der Waals surface area contributed by atoms with Crippen LogP contribution in [0.3, 0.4) is 0 Å². The molecule has 0 aliphatic rings. The molecule has 0 unspecified atom stereocenters. The van der Waals surface area contributed by atoms with Crippen LogP contribution in [0.15, 0.2) is 79.0 Å². The maximum atomic E-state index is 12.9. The summed E-state index contributed by atoms with van der Waals surface area (Å²) in [4.78, 5) is 12.9. The number of carbonyl (C=O) groups is 1. The molecule has 3 nitrogen and oxygen atoms in total. The van der Waals surface area contributed by atoms with E-state index >= 15 is 0 Å². The molecule has 146 valence electrons. The van der Waals surface area contributed by atoms with Crippen LogP contribution < -0.4 is 5.32 Å². The van der Waals surface area contributed by atoms with Crippen molar-refractivity contribution in [2.24, 2.45) is 0 Å². The number of hydrogen-bond acceptors (Lipinski definition) is 1. The molecule has 0 saturated carbocycles. The smallest absolute Gasteiger partial charge is 0.253 e. The molecule has 0 spiro atoms. The Morgan fingerprint density at radius 2 is 1.69 bits per heavy atom. The molecule has 1 heterocycles. The third-order valence-corrected chi connectivity index (χ3v) is 5.49. The Labute approximate surface area is 175 Å². The number of rotatable bonds is 6. The average molecular weight is 403 g/mol. The summed E-state index contributed by atoms with van der Waals surface area (Å²) in [6, 6.07) is 24.1. The summed E-state index contributed by atoms with van der Waals surface area (Å²) in [7, 11) is 0. The van der Waals surface area contributed by atoms with E-state index in [0.29, 0.717) is 18.7 Å². The van der Waals surface area contributed by atoms with Gasteiger partial charge < -0.3 is 9.88 Å². The number of nitrogens with one attached hydrogen (secondary N) is 1. The highest BCUT2D eigenvalue weighted by Crippen LogP contribution is 2.23. The number of nitrogens with zero attached hydrogens (tertiary/aromatic N) is 1. The summed E-state index contributed by atoms with van der Waals surface area (Å²) >= 11 is 6.00. The summed E-state index contributed by atoms with van der Waals surface area (Å²) in [6.07, 6.45) is 2.77. The molecule has 0 bridgehead atoms. The normalized spacial score (nSPS) is 11.0. The lowest BCUT2D eigenvalue weighted by atomic mass is 10.1. The van der Waals surface area contributed by atoms with E-state index in [2.05, 4.69) is 35.0 Å². The molecule has 1 amide bonds. The van der Waals surface area contributed by atoms with E-state index in [9.17, 15) is 4.79 Å². The molecule has 0 fully saturated rings. The Hall–Kier alpha value is -3.04. The highest BCUT2D eigenvalue weighted by atomic mass is 35.5. The number of carbonyl (C=O) groups excluding carboxylic acids is 1. The fourth-order valence-corrected chi connectivity index (χ4v) is 3.77. The van der Waals surface area contributed by atoms with Crippen molar-refractivity contribution in [3.8, 4) is 0 Å². The van der Waals surface area contributed by atoms with Crippen molar-refractivity contribution in [3.63, 3.8) is 0 Å². The topological polar surface area (TPSA) is 34.0 Å². The summed E-state index contributed by atoms with van der Waals surface area (Å²) in [5.41, 5.74) is 5.41. The van der Waals surface area contributed by atoms with Gasteiger partial charge in [-0.15, -0.1) is 0 Å². The lowest BCUT2D eigenvalue weighted by Crippen LogP contribution is -2.25. The Morgan fingerprint density at radius 3 is 2.48 bits per heavy atom. The number of para-hydroxylation sites is 1. The van der Waals surface area contributed by atoms with Gasteiger partial charge in [0.2, 0.25) is 0 Å². The molecule has 4 aromatic rings. The Balaban J connectivity index is 1.53. The SMILES string of the molecule is Cc1ccccc1CCNC(=O)c1cn(Cc2ccc(Cl)cc2)c2ccccc12. The highest BCUT2D eigenvalue weighted by Gasteiger charge is 2.15. The van der Waals surface area contributed by atoms with Gasteiger partial charge in [0.25, 0.3) is 5.91 Å². The van der Waals surface area contributed by atoms with Gasteiger partial charge in [0, 0.05) is 35.2 Å². The van der Waals surface area contributed by atoms with Crippen molar-refractivity contribution >= 4 is 28.4 Å². The van der Waals surface area contributed by atoms with Crippen molar-refractivity contribution in [2.45, 2.75) is 19.9 Å². The van der Waals surface area contributed by atoms with E-state index in [1.54, 1.807) is 0 Å². The number of fused-ring (bicyclic) bond motifs is 1. The Bertz CT molecular complexity index is 1150. The van der Waals surface area contributed by atoms with Crippen molar-refractivity contribution in [3.05, 3.63) is 106 Å². The third-order valence-electron chi connectivity index (χ3n) is 5.24. The van der Waals surface area contributed by atoms with Gasteiger partial charge in [-0.25, -0.2) is 0 Å². The van der Waals surface area contributed by atoms with Crippen molar-refractivity contribution in [1.82, 2.24) is 9.88 Å². The van der Waals surface area contributed by atoms with Gasteiger partial charge in [0.1, 0.15) is 0 Å². The molecular weight excluding hydrogens is 380 g/mol. The Morgan fingerprint density at radius 1 is 0.966 bits per heavy atom. The number of amides is 1. The van der Waals surface area contributed by atoms with Crippen LogP contribution in [-0.4, -0.2) is 17.0 Å². The zero-order valence-electron chi connectivity index (χ0n) is 16.4. The molecular formula is C25H23ClN2O. The number of aromatic nitrogens is 1. The third kappa shape index (κ3) is 4.36. The summed E-state index contributed by atoms with van der Waals surface area (Å²) in [5.74, 6) is -0.0374. The van der Waals surface area contributed by atoms with E-state index in [0.717, 1.165) is 27.9 Å². The standard InChI is InChI=1S/C25H23ClN2O/c1-18-6-2-3-7-20(18)14-15-27-25(29)23-17-28(24-9-5-4-8-22(23)24)16-19-10-12-21(26)13-11-19/h2-13,17H,14-16H2,1H3,(H,27,29).